The Hall–Kier alpha value is -1.59. The Labute approximate surface area is 107 Å². The first-order valence-electron chi connectivity index (χ1n) is 5.56. The van der Waals surface area contributed by atoms with Gasteiger partial charge in [-0.3, -0.25) is 0 Å². The average Bonchev–Trinajstić information content (AvgIpc) is 2.78. The predicted molar refractivity (Wildman–Crippen MR) is 73.2 cm³/mol. The highest BCUT2D eigenvalue weighted by Crippen LogP contribution is 2.21. The predicted octanol–water partition coefficient (Wildman–Crippen LogP) is 3.84. The zero-order valence-electron chi connectivity index (χ0n) is 10.3. The molecule has 1 aromatic carbocycles. The van der Waals surface area contributed by atoms with Gasteiger partial charge in [-0.05, 0) is 29.0 Å². The van der Waals surface area contributed by atoms with E-state index in [-0.39, 0.29) is 5.41 Å². The van der Waals surface area contributed by atoms with Gasteiger partial charge in [0.2, 0.25) is 0 Å². The summed E-state index contributed by atoms with van der Waals surface area (Å²) in [5, 5.41) is 1.95. The van der Waals surface area contributed by atoms with Crippen molar-refractivity contribution in [3.63, 3.8) is 0 Å². The summed E-state index contributed by atoms with van der Waals surface area (Å²) in [6, 6.07) is 8.43. The van der Waals surface area contributed by atoms with Crippen molar-refractivity contribution in [2.75, 3.05) is 0 Å². The van der Waals surface area contributed by atoms with Gasteiger partial charge in [-0.15, -0.1) is 11.3 Å². The molecule has 0 unspecified atom stereocenters. The third-order valence-electron chi connectivity index (χ3n) is 2.52. The summed E-state index contributed by atoms with van der Waals surface area (Å²) in [4.78, 5) is 4.13. The van der Waals surface area contributed by atoms with E-state index >= 15 is 0 Å². The lowest BCUT2D eigenvalue weighted by atomic mass is 9.87. The molecule has 0 aliphatic carbocycles. The lowest BCUT2D eigenvalue weighted by molar-refractivity contribution is 0.590. The second-order valence-corrected chi connectivity index (χ2v) is 5.67. The van der Waals surface area contributed by atoms with E-state index < -0.39 is 0 Å². The van der Waals surface area contributed by atoms with Crippen LogP contribution in [0.1, 0.15) is 37.6 Å². The molecule has 2 aromatic rings. The summed E-state index contributed by atoms with van der Waals surface area (Å²) in [5.41, 5.74) is 5.20. The van der Waals surface area contributed by atoms with Crippen LogP contribution in [0.2, 0.25) is 0 Å². The van der Waals surface area contributed by atoms with Crippen molar-refractivity contribution in [1.29, 1.82) is 0 Å². The van der Waals surface area contributed by atoms with E-state index in [4.69, 9.17) is 0 Å². The van der Waals surface area contributed by atoms with Gasteiger partial charge in [0, 0.05) is 10.9 Å². The number of nitrogens with zero attached hydrogens (tertiary/aromatic N) is 1. The third kappa shape index (κ3) is 3.18. The monoisotopic (exact) mass is 241 g/mol. The highest BCUT2D eigenvalue weighted by atomic mass is 32.1. The Morgan fingerprint density at radius 1 is 1.06 bits per heavy atom. The molecule has 0 fully saturated rings. The van der Waals surface area contributed by atoms with Crippen LogP contribution in [0.4, 0.5) is 0 Å². The van der Waals surface area contributed by atoms with Crippen molar-refractivity contribution in [3.8, 4) is 11.8 Å². The largest absolute Gasteiger partial charge is 0.236 e. The number of hydrogen-bond donors (Lipinski definition) is 0. The van der Waals surface area contributed by atoms with Gasteiger partial charge in [0.1, 0.15) is 5.69 Å². The molecule has 0 aliphatic heterocycles. The molecule has 0 spiro atoms. The van der Waals surface area contributed by atoms with E-state index in [2.05, 4.69) is 61.9 Å². The van der Waals surface area contributed by atoms with Gasteiger partial charge in [-0.25, -0.2) is 4.98 Å². The van der Waals surface area contributed by atoms with E-state index in [9.17, 15) is 0 Å². The lowest BCUT2D eigenvalue weighted by Crippen LogP contribution is -2.10. The van der Waals surface area contributed by atoms with Crippen molar-refractivity contribution >= 4 is 11.3 Å². The normalized spacial score (nSPS) is 10.8. The van der Waals surface area contributed by atoms with Gasteiger partial charge >= 0.3 is 0 Å². The molecule has 2 heteroatoms. The van der Waals surface area contributed by atoms with Crippen molar-refractivity contribution < 1.29 is 0 Å². The fourth-order valence-corrected chi connectivity index (χ4v) is 1.95. The third-order valence-corrected chi connectivity index (χ3v) is 3.10. The molecule has 1 nitrogen and oxygen atoms in total. The Kier molecular flexibility index (Phi) is 3.31. The Balaban J connectivity index is 2.19. The molecule has 0 saturated carbocycles. The molecule has 0 N–H and O–H groups in total. The van der Waals surface area contributed by atoms with Gasteiger partial charge in [0.15, 0.2) is 0 Å². The number of aromatic nitrogens is 1. The molecule has 0 amide bonds. The first kappa shape index (κ1) is 11.9. The van der Waals surface area contributed by atoms with Gasteiger partial charge in [-0.2, -0.15) is 0 Å². The van der Waals surface area contributed by atoms with Crippen LogP contribution in [0.5, 0.6) is 0 Å². The number of thiazole rings is 1. The quantitative estimate of drug-likeness (QED) is 0.639. The molecule has 0 aliphatic rings. The smallest absolute Gasteiger partial charge is 0.124 e. The number of rotatable bonds is 0. The summed E-state index contributed by atoms with van der Waals surface area (Å²) in [6.07, 6.45) is 0. The highest BCUT2D eigenvalue weighted by Gasteiger charge is 2.12. The summed E-state index contributed by atoms with van der Waals surface area (Å²) in [6.45, 7) is 6.63. The van der Waals surface area contributed by atoms with Crippen LogP contribution in [0, 0.1) is 11.8 Å². The molecular weight excluding hydrogens is 226 g/mol. The van der Waals surface area contributed by atoms with Gasteiger partial charge < -0.3 is 0 Å². The summed E-state index contributed by atoms with van der Waals surface area (Å²) < 4.78 is 0. The van der Waals surface area contributed by atoms with Crippen LogP contribution in [0.15, 0.2) is 35.2 Å². The van der Waals surface area contributed by atoms with Gasteiger partial charge in [0.25, 0.3) is 0 Å². The van der Waals surface area contributed by atoms with E-state index in [1.54, 1.807) is 16.8 Å². The molecule has 0 radical (unpaired) electrons. The first-order chi connectivity index (χ1) is 8.05. The number of benzene rings is 1. The minimum atomic E-state index is 0.195. The van der Waals surface area contributed by atoms with Crippen LogP contribution < -0.4 is 0 Å². The molecule has 86 valence electrons. The maximum absolute atomic E-state index is 4.13. The van der Waals surface area contributed by atoms with Crippen molar-refractivity contribution in [1.82, 2.24) is 4.98 Å². The van der Waals surface area contributed by atoms with Crippen LogP contribution in [0.25, 0.3) is 0 Å². The lowest BCUT2D eigenvalue weighted by Gasteiger charge is -2.18. The number of hydrogen-bond acceptors (Lipinski definition) is 2. The average molecular weight is 241 g/mol. The Morgan fingerprint density at radius 3 is 2.29 bits per heavy atom. The summed E-state index contributed by atoms with van der Waals surface area (Å²) >= 11 is 1.57. The first-order valence-corrected chi connectivity index (χ1v) is 6.51. The molecule has 1 aromatic heterocycles. The summed E-state index contributed by atoms with van der Waals surface area (Å²) in [5.74, 6) is 6.17. The van der Waals surface area contributed by atoms with Crippen molar-refractivity contribution in [2.24, 2.45) is 0 Å². The minimum Gasteiger partial charge on any atom is -0.236 e. The van der Waals surface area contributed by atoms with Gasteiger partial charge in [0.05, 0.1) is 5.51 Å². The molecule has 0 atom stereocenters. The van der Waals surface area contributed by atoms with E-state index in [1.807, 2.05) is 5.38 Å². The van der Waals surface area contributed by atoms with Crippen molar-refractivity contribution in [2.45, 2.75) is 26.2 Å². The zero-order chi connectivity index (χ0) is 12.3. The molecule has 1 heterocycles. The molecular formula is C15H15NS. The minimum absolute atomic E-state index is 0.195. The fourth-order valence-electron chi connectivity index (χ4n) is 1.46. The second-order valence-electron chi connectivity index (χ2n) is 4.95. The van der Waals surface area contributed by atoms with Crippen LogP contribution in [-0.4, -0.2) is 4.98 Å². The van der Waals surface area contributed by atoms with E-state index in [1.165, 1.54) is 5.56 Å². The fraction of sp³-hybridized carbons (Fsp3) is 0.267. The van der Waals surface area contributed by atoms with E-state index in [0.29, 0.717) is 0 Å². The maximum Gasteiger partial charge on any atom is 0.124 e. The van der Waals surface area contributed by atoms with Crippen LogP contribution in [-0.2, 0) is 5.41 Å². The molecule has 0 saturated heterocycles. The standard InChI is InChI=1S/C15H15NS/c1-15(2,3)13-7-4-12(5-8-13)6-9-14-10-17-11-16-14/h4-5,7-8,10-11H,1-3H3. The topological polar surface area (TPSA) is 12.9 Å². The Morgan fingerprint density at radius 2 is 1.76 bits per heavy atom. The molecule has 2 rings (SSSR count). The zero-order valence-corrected chi connectivity index (χ0v) is 11.1. The van der Waals surface area contributed by atoms with Crippen LogP contribution >= 0.6 is 11.3 Å². The maximum atomic E-state index is 4.13. The van der Waals surface area contributed by atoms with Crippen molar-refractivity contribution in [3.05, 3.63) is 52.0 Å². The summed E-state index contributed by atoms with van der Waals surface area (Å²) in [7, 11) is 0. The van der Waals surface area contributed by atoms with Crippen LogP contribution in [0.3, 0.4) is 0 Å². The second kappa shape index (κ2) is 4.73. The van der Waals surface area contributed by atoms with E-state index in [0.717, 1.165) is 11.3 Å². The highest BCUT2D eigenvalue weighted by molar-refractivity contribution is 7.07. The molecule has 0 bridgehead atoms. The SMILES string of the molecule is CC(C)(C)c1ccc(C#Cc2cscn2)cc1. The van der Waals surface area contributed by atoms with Gasteiger partial charge in [-0.1, -0.05) is 38.8 Å². The molecule has 17 heavy (non-hydrogen) atoms. The Bertz CT molecular complexity index is 533.